The van der Waals surface area contributed by atoms with Gasteiger partial charge in [-0.05, 0) is 19.4 Å². The molecule has 0 aromatic carbocycles. The first-order chi connectivity index (χ1) is 5.92. The van der Waals surface area contributed by atoms with Crippen molar-refractivity contribution in [3.05, 3.63) is 0 Å². The van der Waals surface area contributed by atoms with Gasteiger partial charge in [0.1, 0.15) is 0 Å². The molecule has 0 aromatic heterocycles. The second-order valence-corrected chi connectivity index (χ2v) is 3.81. The highest BCUT2D eigenvalue weighted by Gasteiger charge is 2.32. The van der Waals surface area contributed by atoms with Crippen LogP contribution in [0.4, 0.5) is 0 Å². The Balaban J connectivity index is 1.90. The van der Waals surface area contributed by atoms with E-state index in [0.717, 1.165) is 19.8 Å². The Bertz CT molecular complexity index is 147. The van der Waals surface area contributed by atoms with E-state index in [9.17, 15) is 0 Å². The minimum absolute atomic E-state index is 0.632. The normalized spacial score (nSPS) is 33.2. The van der Waals surface area contributed by atoms with Gasteiger partial charge in [0, 0.05) is 12.6 Å². The summed E-state index contributed by atoms with van der Waals surface area (Å²) < 4.78 is 5.20. The molecule has 0 bridgehead atoms. The molecular weight excluding hydrogens is 152 g/mol. The van der Waals surface area contributed by atoms with Crippen LogP contribution in [0, 0.1) is 0 Å². The smallest absolute Gasteiger partial charge is 0.0645 e. The van der Waals surface area contributed by atoms with Gasteiger partial charge in [0.15, 0.2) is 0 Å². The minimum Gasteiger partial charge on any atom is -0.378 e. The summed E-state index contributed by atoms with van der Waals surface area (Å²) in [6.45, 7) is 3.90. The van der Waals surface area contributed by atoms with E-state index in [4.69, 9.17) is 10.5 Å². The van der Waals surface area contributed by atoms with Gasteiger partial charge in [-0.15, -0.1) is 0 Å². The van der Waals surface area contributed by atoms with E-state index in [1.807, 2.05) is 0 Å². The summed E-state index contributed by atoms with van der Waals surface area (Å²) in [4.78, 5) is 2.55. The van der Waals surface area contributed by atoms with Gasteiger partial charge in [-0.3, -0.25) is 4.90 Å². The summed E-state index contributed by atoms with van der Waals surface area (Å²) in [7, 11) is 0. The first kappa shape index (κ1) is 8.48. The number of nitrogens with two attached hydrogens (primary N) is 1. The first-order valence-corrected chi connectivity index (χ1v) is 4.95. The fraction of sp³-hybridized carbons (Fsp3) is 1.00. The van der Waals surface area contributed by atoms with Crippen LogP contribution in [-0.2, 0) is 4.74 Å². The van der Waals surface area contributed by atoms with Gasteiger partial charge in [0.2, 0.25) is 0 Å². The maximum Gasteiger partial charge on any atom is 0.0645 e. The molecule has 0 saturated carbocycles. The quantitative estimate of drug-likeness (QED) is 0.643. The molecule has 2 aliphatic rings. The third-order valence-corrected chi connectivity index (χ3v) is 3.03. The Morgan fingerprint density at radius 3 is 2.75 bits per heavy atom. The van der Waals surface area contributed by atoms with Crippen molar-refractivity contribution in [3.8, 4) is 0 Å². The molecule has 2 heterocycles. The molecule has 70 valence electrons. The maximum absolute atomic E-state index is 5.73. The lowest BCUT2D eigenvalue weighted by atomic mass is 9.99. The molecule has 3 heteroatoms. The lowest BCUT2D eigenvalue weighted by Crippen LogP contribution is -2.56. The molecule has 2 rings (SSSR count). The molecule has 2 saturated heterocycles. The van der Waals surface area contributed by atoms with Crippen molar-refractivity contribution in [2.75, 3.05) is 26.3 Å². The summed E-state index contributed by atoms with van der Waals surface area (Å²) in [5, 5.41) is 0. The highest BCUT2D eigenvalue weighted by molar-refractivity contribution is 4.86. The fourth-order valence-electron chi connectivity index (χ4n) is 2.17. The zero-order valence-electron chi connectivity index (χ0n) is 7.54. The van der Waals surface area contributed by atoms with E-state index >= 15 is 0 Å². The van der Waals surface area contributed by atoms with Crippen LogP contribution >= 0.6 is 0 Å². The molecule has 0 radical (unpaired) electrons. The van der Waals surface area contributed by atoms with Gasteiger partial charge in [-0.2, -0.15) is 0 Å². The van der Waals surface area contributed by atoms with E-state index in [1.165, 1.54) is 25.8 Å². The number of hydrogen-bond acceptors (Lipinski definition) is 3. The van der Waals surface area contributed by atoms with Crippen molar-refractivity contribution in [1.82, 2.24) is 4.90 Å². The molecule has 0 amide bonds. The number of likely N-dealkylation sites (tertiary alicyclic amines) is 1. The third kappa shape index (κ3) is 1.49. The summed E-state index contributed by atoms with van der Waals surface area (Å²) in [5.74, 6) is 0. The lowest BCUT2D eigenvalue weighted by Gasteiger charge is -2.44. The van der Waals surface area contributed by atoms with Gasteiger partial charge >= 0.3 is 0 Å². The first-order valence-electron chi connectivity index (χ1n) is 4.95. The van der Waals surface area contributed by atoms with Crippen molar-refractivity contribution in [3.63, 3.8) is 0 Å². The second-order valence-electron chi connectivity index (χ2n) is 3.81. The van der Waals surface area contributed by atoms with Gasteiger partial charge in [-0.1, -0.05) is 6.42 Å². The van der Waals surface area contributed by atoms with Gasteiger partial charge < -0.3 is 10.5 Å². The number of ether oxygens (including phenoxy) is 1. The Labute approximate surface area is 73.9 Å². The molecule has 12 heavy (non-hydrogen) atoms. The van der Waals surface area contributed by atoms with Gasteiger partial charge in [0.25, 0.3) is 0 Å². The van der Waals surface area contributed by atoms with E-state index in [2.05, 4.69) is 4.90 Å². The fourth-order valence-corrected chi connectivity index (χ4v) is 2.17. The van der Waals surface area contributed by atoms with Crippen LogP contribution in [0.15, 0.2) is 0 Å². The highest BCUT2D eigenvalue weighted by atomic mass is 16.5. The lowest BCUT2D eigenvalue weighted by molar-refractivity contribution is -0.0856. The van der Waals surface area contributed by atoms with E-state index in [-0.39, 0.29) is 0 Å². The topological polar surface area (TPSA) is 38.5 Å². The Hall–Kier alpha value is -0.120. The summed E-state index contributed by atoms with van der Waals surface area (Å²) in [6.07, 6.45) is 3.98. The maximum atomic E-state index is 5.73. The molecule has 0 aliphatic carbocycles. The zero-order chi connectivity index (χ0) is 8.39. The highest BCUT2D eigenvalue weighted by Crippen LogP contribution is 2.22. The average Bonchev–Trinajstić information content (AvgIpc) is 2.02. The number of nitrogens with zero attached hydrogens (tertiary/aromatic N) is 1. The van der Waals surface area contributed by atoms with E-state index in [1.54, 1.807) is 0 Å². The van der Waals surface area contributed by atoms with E-state index < -0.39 is 0 Å². The Morgan fingerprint density at radius 2 is 2.17 bits per heavy atom. The molecule has 3 nitrogen and oxygen atoms in total. The number of rotatable bonds is 2. The van der Waals surface area contributed by atoms with Crippen molar-refractivity contribution < 1.29 is 4.74 Å². The molecule has 2 N–H and O–H groups in total. The molecule has 0 aromatic rings. The van der Waals surface area contributed by atoms with Crippen molar-refractivity contribution >= 4 is 0 Å². The van der Waals surface area contributed by atoms with Crippen molar-refractivity contribution in [1.29, 1.82) is 0 Å². The van der Waals surface area contributed by atoms with Crippen LogP contribution in [0.1, 0.15) is 19.3 Å². The number of piperidine rings is 1. The summed E-state index contributed by atoms with van der Waals surface area (Å²) in [6, 6.07) is 1.31. The third-order valence-electron chi connectivity index (χ3n) is 3.03. The molecule has 2 fully saturated rings. The summed E-state index contributed by atoms with van der Waals surface area (Å²) in [5.41, 5.74) is 5.73. The SMILES string of the molecule is NCC1CCCCN1C1COC1. The van der Waals surface area contributed by atoms with Crippen molar-refractivity contribution in [2.45, 2.75) is 31.3 Å². The minimum atomic E-state index is 0.632. The predicted molar refractivity (Wildman–Crippen MR) is 48.0 cm³/mol. The van der Waals surface area contributed by atoms with Crippen LogP contribution in [-0.4, -0.2) is 43.3 Å². The largest absolute Gasteiger partial charge is 0.378 e. The molecule has 1 atom stereocenters. The standard InChI is InChI=1S/C9H18N2O/c10-5-8-3-1-2-4-11(8)9-6-12-7-9/h8-9H,1-7,10H2. The van der Waals surface area contributed by atoms with Gasteiger partial charge in [0.05, 0.1) is 19.3 Å². The predicted octanol–water partition coefficient (Wildman–Crippen LogP) is 0.198. The Kier molecular flexibility index (Phi) is 2.63. The van der Waals surface area contributed by atoms with Crippen LogP contribution in [0.5, 0.6) is 0 Å². The van der Waals surface area contributed by atoms with Crippen LogP contribution in [0.3, 0.4) is 0 Å². The van der Waals surface area contributed by atoms with Crippen LogP contribution in [0.25, 0.3) is 0 Å². The molecule has 0 spiro atoms. The van der Waals surface area contributed by atoms with Gasteiger partial charge in [-0.25, -0.2) is 0 Å². The molecular formula is C9H18N2O. The van der Waals surface area contributed by atoms with Crippen molar-refractivity contribution in [2.24, 2.45) is 5.73 Å². The Morgan fingerprint density at radius 1 is 1.33 bits per heavy atom. The number of hydrogen-bond donors (Lipinski definition) is 1. The average molecular weight is 170 g/mol. The van der Waals surface area contributed by atoms with E-state index in [0.29, 0.717) is 12.1 Å². The summed E-state index contributed by atoms with van der Waals surface area (Å²) >= 11 is 0. The monoisotopic (exact) mass is 170 g/mol. The molecule has 2 aliphatic heterocycles. The molecule has 1 unspecified atom stereocenters. The van der Waals surface area contributed by atoms with Crippen LogP contribution < -0.4 is 5.73 Å². The second kappa shape index (κ2) is 3.73. The zero-order valence-corrected chi connectivity index (χ0v) is 7.54. The van der Waals surface area contributed by atoms with Crippen LogP contribution in [0.2, 0.25) is 0 Å².